The molecular weight excluding hydrogens is 1290 g/mol. The van der Waals surface area contributed by atoms with Crippen molar-refractivity contribution in [2.75, 3.05) is 28.4 Å². The van der Waals surface area contributed by atoms with E-state index in [-0.39, 0.29) is 0 Å². The van der Waals surface area contributed by atoms with Crippen LogP contribution in [0.4, 0.5) is 0 Å². The third-order valence-electron chi connectivity index (χ3n) is 24.0. The zero-order chi connectivity index (χ0) is 70.5. The lowest BCUT2D eigenvalue weighted by molar-refractivity contribution is 0.414. The molecule has 20 aromatic rings. The molecule has 4 heteroatoms. The predicted octanol–water partition coefficient (Wildman–Crippen LogP) is 26.9. The monoisotopic (exact) mass is 1350 g/mol. The van der Waals surface area contributed by atoms with E-state index in [0.29, 0.717) is 0 Å². The second kappa shape index (κ2) is 22.6. The summed E-state index contributed by atoms with van der Waals surface area (Å²) in [6.07, 6.45) is 0. The Labute approximate surface area is 611 Å². The van der Waals surface area contributed by atoms with Crippen molar-refractivity contribution < 1.29 is 18.9 Å². The molecule has 22 rings (SSSR count). The van der Waals surface area contributed by atoms with Crippen LogP contribution in [0.25, 0.3) is 208 Å². The van der Waals surface area contributed by atoms with Crippen molar-refractivity contribution in [3.63, 3.8) is 0 Å². The highest BCUT2D eigenvalue weighted by molar-refractivity contribution is 6.46. The van der Waals surface area contributed by atoms with Gasteiger partial charge in [-0.2, -0.15) is 0 Å². The Bertz CT molecular complexity index is 6910. The number of fused-ring (bicyclic) bond motifs is 12. The van der Waals surface area contributed by atoms with E-state index in [4.69, 9.17) is 18.9 Å². The number of hydrogen-bond donors (Lipinski definition) is 0. The van der Waals surface area contributed by atoms with Gasteiger partial charge in [-0.3, -0.25) is 0 Å². The summed E-state index contributed by atoms with van der Waals surface area (Å²) < 4.78 is 23.3. The highest BCUT2D eigenvalue weighted by Crippen LogP contribution is 2.64. The average molecular weight is 1360 g/mol. The van der Waals surface area contributed by atoms with Crippen LogP contribution in [0.3, 0.4) is 0 Å². The normalized spacial score (nSPS) is 12.2. The maximum Gasteiger partial charge on any atom is 0.118 e. The molecule has 0 fully saturated rings. The lowest BCUT2D eigenvalue weighted by Gasteiger charge is -2.26. The van der Waals surface area contributed by atoms with Gasteiger partial charge in [0.05, 0.1) is 28.4 Å². The standard InChI is InChI=1S/C102H66O4/c1-55-81-73-47-43-69-71-45-49-77-97-78(100-90(58-21-13-8-14-22-58)86(62-29-37-66(104-4)38-30-62)85(61-27-35-65(103-3)36-28-61)89(99(77)100)57-19-11-7-12-20-57)50-46-72(94(71)97)70-44-48-74(95(73)93(69)70)82(81)56(2)84-76-52-54-80-98-79(53-51-75(83(55)84)96(76)98)101-91(59-23-15-9-16-24-59)87(63-31-39-67(105-5)40-32-63)88(64-33-41-68(106-6)42-34-64)92(102(80)101)60-25-17-10-18-26-60/h7-54H,1-6H3. The van der Waals surface area contributed by atoms with Gasteiger partial charge in [0.1, 0.15) is 23.0 Å². The fourth-order valence-electron chi connectivity index (χ4n) is 19.7. The van der Waals surface area contributed by atoms with Crippen LogP contribution in [0.1, 0.15) is 11.1 Å². The molecule has 0 saturated carbocycles. The highest BCUT2D eigenvalue weighted by Gasteiger charge is 2.37. The largest absolute Gasteiger partial charge is 0.497 e. The van der Waals surface area contributed by atoms with Crippen LogP contribution in [-0.2, 0) is 0 Å². The van der Waals surface area contributed by atoms with Gasteiger partial charge in [0.25, 0.3) is 0 Å². The van der Waals surface area contributed by atoms with Crippen molar-refractivity contribution in [2.24, 2.45) is 0 Å². The summed E-state index contributed by atoms with van der Waals surface area (Å²) in [5.41, 5.74) is 26.3. The minimum absolute atomic E-state index is 0.816. The number of benzene rings is 18. The van der Waals surface area contributed by atoms with Crippen molar-refractivity contribution in [1.82, 2.24) is 0 Å². The van der Waals surface area contributed by atoms with Crippen molar-refractivity contribution in [1.29, 1.82) is 0 Å². The summed E-state index contributed by atoms with van der Waals surface area (Å²) in [6, 6.07) is 109. The maximum absolute atomic E-state index is 5.83. The van der Waals surface area contributed by atoms with E-state index < -0.39 is 0 Å². The van der Waals surface area contributed by atoms with Gasteiger partial charge >= 0.3 is 0 Å². The molecule has 0 amide bonds. The molecule has 0 bridgehead atoms. The Morgan fingerprint density at radius 1 is 0.170 bits per heavy atom. The Kier molecular flexibility index (Phi) is 12.9. The number of methoxy groups -OCH3 is 4. The van der Waals surface area contributed by atoms with E-state index in [1.165, 1.54) is 196 Å². The molecule has 2 aliphatic rings. The number of ether oxygens (including phenoxy) is 4. The number of rotatable bonds is 12. The summed E-state index contributed by atoms with van der Waals surface area (Å²) >= 11 is 0. The fourth-order valence-corrected chi connectivity index (χ4v) is 19.7. The molecule has 20 aromatic carbocycles. The molecule has 2 aliphatic carbocycles. The lowest BCUT2D eigenvalue weighted by Crippen LogP contribution is -1.99. The van der Waals surface area contributed by atoms with E-state index in [9.17, 15) is 0 Å². The van der Waals surface area contributed by atoms with Crippen LogP contribution < -0.4 is 18.9 Å². The molecule has 498 valence electrons. The topological polar surface area (TPSA) is 36.9 Å². The van der Waals surface area contributed by atoms with Crippen molar-refractivity contribution in [3.8, 4) is 134 Å². The molecular formula is C102H66O4. The molecule has 0 saturated heterocycles. The summed E-state index contributed by atoms with van der Waals surface area (Å²) in [4.78, 5) is 0. The first-order valence-corrected chi connectivity index (χ1v) is 36.6. The van der Waals surface area contributed by atoms with Crippen LogP contribution in [-0.4, -0.2) is 28.4 Å². The van der Waals surface area contributed by atoms with Gasteiger partial charge in [-0.15, -0.1) is 0 Å². The smallest absolute Gasteiger partial charge is 0.118 e. The molecule has 0 aliphatic heterocycles. The Hall–Kier alpha value is -13.3. The molecule has 0 atom stereocenters. The molecule has 0 aromatic heterocycles. The summed E-state index contributed by atoms with van der Waals surface area (Å²) in [6.45, 7) is 4.83. The molecule has 106 heavy (non-hydrogen) atoms. The van der Waals surface area contributed by atoms with Gasteiger partial charge < -0.3 is 18.9 Å². The van der Waals surface area contributed by atoms with E-state index in [1.54, 1.807) is 28.4 Å². The maximum atomic E-state index is 5.83. The van der Waals surface area contributed by atoms with Crippen molar-refractivity contribution in [3.05, 3.63) is 323 Å². The van der Waals surface area contributed by atoms with E-state index in [2.05, 4.69) is 305 Å². The van der Waals surface area contributed by atoms with Crippen LogP contribution in [0.15, 0.2) is 291 Å². The summed E-state index contributed by atoms with van der Waals surface area (Å²) in [7, 11) is 6.96. The Balaban J connectivity index is 0.819. The minimum Gasteiger partial charge on any atom is -0.497 e. The molecule has 0 N–H and O–H groups in total. The van der Waals surface area contributed by atoms with Crippen LogP contribution in [0.2, 0.25) is 0 Å². The van der Waals surface area contributed by atoms with Gasteiger partial charge in [0, 0.05) is 0 Å². The molecule has 0 heterocycles. The first-order chi connectivity index (χ1) is 52.3. The Morgan fingerprint density at radius 3 is 0.708 bits per heavy atom. The number of hydrogen-bond acceptors (Lipinski definition) is 4. The minimum atomic E-state index is 0.816. The zero-order valence-corrected chi connectivity index (χ0v) is 59.3. The molecule has 0 unspecified atom stereocenters. The lowest BCUT2D eigenvalue weighted by atomic mass is 9.76. The molecule has 4 nitrogen and oxygen atoms in total. The third-order valence-corrected chi connectivity index (χ3v) is 24.0. The average Bonchev–Trinajstić information content (AvgIpc) is 1.50. The third kappa shape index (κ3) is 8.08. The van der Waals surface area contributed by atoms with Gasteiger partial charge in [-0.05, 0) is 303 Å². The van der Waals surface area contributed by atoms with Crippen molar-refractivity contribution in [2.45, 2.75) is 13.8 Å². The molecule has 0 radical (unpaired) electrons. The van der Waals surface area contributed by atoms with Crippen LogP contribution in [0, 0.1) is 34.7 Å². The summed E-state index contributed by atoms with van der Waals surface area (Å²) in [5.74, 6) is 3.27. The molecule has 0 spiro atoms. The first kappa shape index (κ1) is 60.3. The second-order valence-electron chi connectivity index (χ2n) is 28.8. The predicted molar refractivity (Wildman–Crippen MR) is 443 cm³/mol. The fraction of sp³-hybridized carbons (Fsp3) is 0.0588. The second-order valence-corrected chi connectivity index (χ2v) is 28.8. The van der Waals surface area contributed by atoms with E-state index in [1.807, 2.05) is 0 Å². The highest BCUT2D eigenvalue weighted by atomic mass is 16.5. The van der Waals surface area contributed by atoms with Gasteiger partial charge in [0.15, 0.2) is 0 Å². The summed E-state index contributed by atoms with van der Waals surface area (Å²) in [5, 5.41) is 28.7. The Morgan fingerprint density at radius 2 is 0.396 bits per heavy atom. The van der Waals surface area contributed by atoms with Crippen LogP contribution in [0.5, 0.6) is 23.0 Å². The van der Waals surface area contributed by atoms with Gasteiger partial charge in [-0.25, -0.2) is 0 Å². The van der Waals surface area contributed by atoms with Gasteiger partial charge in [-0.1, -0.05) is 243 Å². The van der Waals surface area contributed by atoms with Crippen molar-refractivity contribution >= 4 is 97.0 Å². The van der Waals surface area contributed by atoms with Crippen LogP contribution >= 0.6 is 0 Å². The van der Waals surface area contributed by atoms with Gasteiger partial charge in [0.2, 0.25) is 0 Å². The quantitative estimate of drug-likeness (QED) is 0.0902. The first-order valence-electron chi connectivity index (χ1n) is 36.6. The SMILES string of the molecule is COc1ccc(-c2c(-c3ccc(OC)cc3)c(-c3ccccc3)c3c(c2-c2ccccc2)-c2ccc4c5c(C)c6c7ccc8c9ccc%10c%11c(ccc(c%12ccc(c6c(C)c5c5ccc-3c2c45)c7c8%12)c%119)=c2c(-c3ccccc3)c(-c3ccc(OC)cc3)c(-c3ccc(OC)cc3)c(-c3ccccc3)c2=%10)cc1. The van der Waals surface area contributed by atoms with E-state index >= 15 is 0 Å². The number of aryl methyl sites for hydroxylation is 2. The van der Waals surface area contributed by atoms with E-state index in [0.717, 1.165) is 67.5 Å². The zero-order valence-electron chi connectivity index (χ0n) is 59.3.